The summed E-state index contributed by atoms with van der Waals surface area (Å²) in [7, 11) is -2.83. The van der Waals surface area contributed by atoms with Crippen LogP contribution >= 0.6 is 0 Å². The van der Waals surface area contributed by atoms with Crippen molar-refractivity contribution >= 4 is 9.84 Å². The molecule has 1 unspecified atom stereocenters. The summed E-state index contributed by atoms with van der Waals surface area (Å²) < 4.78 is 22.6. The number of nitrogens with two attached hydrogens (primary N) is 1. The highest BCUT2D eigenvalue weighted by Gasteiger charge is 2.19. The standard InChI is InChI=1S/C9H20N2O3S/c10-8-9(12)2-4-11-3-1-6-15(13,14)7-5-11/h9,12H,1-8,10H2. The van der Waals surface area contributed by atoms with Crippen molar-refractivity contribution in [3.8, 4) is 0 Å². The first-order valence-electron chi connectivity index (χ1n) is 5.34. The summed E-state index contributed by atoms with van der Waals surface area (Å²) in [6, 6.07) is 0. The van der Waals surface area contributed by atoms with Crippen molar-refractivity contribution in [1.29, 1.82) is 0 Å². The summed E-state index contributed by atoms with van der Waals surface area (Å²) in [5.74, 6) is 0.536. The summed E-state index contributed by atoms with van der Waals surface area (Å²) >= 11 is 0. The number of nitrogens with zero attached hydrogens (tertiary/aromatic N) is 1. The van der Waals surface area contributed by atoms with Gasteiger partial charge in [0.2, 0.25) is 0 Å². The number of hydrogen-bond acceptors (Lipinski definition) is 5. The molecule has 0 aliphatic carbocycles. The van der Waals surface area contributed by atoms with E-state index in [0.717, 1.165) is 13.1 Å². The largest absolute Gasteiger partial charge is 0.392 e. The van der Waals surface area contributed by atoms with Gasteiger partial charge in [0.25, 0.3) is 0 Å². The lowest BCUT2D eigenvalue weighted by atomic mass is 10.2. The Morgan fingerprint density at radius 3 is 2.73 bits per heavy atom. The molecule has 5 nitrogen and oxygen atoms in total. The highest BCUT2D eigenvalue weighted by Crippen LogP contribution is 2.06. The van der Waals surface area contributed by atoms with Crippen LogP contribution in [0.5, 0.6) is 0 Å². The summed E-state index contributed by atoms with van der Waals surface area (Å²) in [4.78, 5) is 2.09. The Labute approximate surface area is 91.2 Å². The molecule has 0 aromatic heterocycles. The van der Waals surface area contributed by atoms with Crippen LogP contribution in [0.4, 0.5) is 0 Å². The third-order valence-corrected chi connectivity index (χ3v) is 4.41. The maximum atomic E-state index is 11.3. The predicted octanol–water partition coefficient (Wildman–Crippen LogP) is -1.18. The van der Waals surface area contributed by atoms with E-state index in [4.69, 9.17) is 5.73 Å². The van der Waals surface area contributed by atoms with Crippen LogP contribution in [0.3, 0.4) is 0 Å². The molecule has 1 atom stereocenters. The molecule has 1 heterocycles. The normalized spacial score (nSPS) is 24.7. The van der Waals surface area contributed by atoms with Gasteiger partial charge in [-0.1, -0.05) is 0 Å². The number of sulfone groups is 1. The van der Waals surface area contributed by atoms with E-state index in [-0.39, 0.29) is 12.3 Å². The maximum Gasteiger partial charge on any atom is 0.151 e. The molecule has 1 rings (SSSR count). The summed E-state index contributed by atoms with van der Waals surface area (Å²) in [5, 5.41) is 9.29. The maximum absolute atomic E-state index is 11.3. The molecule has 0 radical (unpaired) electrons. The van der Waals surface area contributed by atoms with Gasteiger partial charge >= 0.3 is 0 Å². The van der Waals surface area contributed by atoms with E-state index in [1.165, 1.54) is 0 Å². The summed E-state index contributed by atoms with van der Waals surface area (Å²) in [6.45, 7) is 2.39. The minimum absolute atomic E-state index is 0.242. The van der Waals surface area contributed by atoms with Crippen LogP contribution in [0.2, 0.25) is 0 Å². The third kappa shape index (κ3) is 4.92. The van der Waals surface area contributed by atoms with Gasteiger partial charge in [-0.25, -0.2) is 8.42 Å². The van der Waals surface area contributed by atoms with Gasteiger partial charge in [0.15, 0.2) is 9.84 Å². The summed E-state index contributed by atoms with van der Waals surface area (Å²) in [6.07, 6.45) is 0.849. The molecule has 1 aliphatic heterocycles. The van der Waals surface area contributed by atoms with Crippen LogP contribution in [0.15, 0.2) is 0 Å². The van der Waals surface area contributed by atoms with Crippen molar-refractivity contribution in [2.75, 3.05) is 37.7 Å². The van der Waals surface area contributed by atoms with E-state index < -0.39 is 15.9 Å². The molecule has 6 heteroatoms. The van der Waals surface area contributed by atoms with Crippen LogP contribution in [0, 0.1) is 0 Å². The first-order chi connectivity index (χ1) is 7.03. The van der Waals surface area contributed by atoms with E-state index in [9.17, 15) is 13.5 Å². The number of rotatable bonds is 4. The van der Waals surface area contributed by atoms with Crippen LogP contribution < -0.4 is 5.73 Å². The molecule has 0 saturated carbocycles. The first-order valence-corrected chi connectivity index (χ1v) is 7.16. The molecule has 0 aromatic rings. The fourth-order valence-corrected chi connectivity index (χ4v) is 2.97. The molecule has 1 aliphatic rings. The van der Waals surface area contributed by atoms with Gasteiger partial charge in [0, 0.05) is 19.6 Å². The van der Waals surface area contributed by atoms with Crippen molar-refractivity contribution < 1.29 is 13.5 Å². The van der Waals surface area contributed by atoms with Crippen LogP contribution in [0.25, 0.3) is 0 Å². The molecular formula is C9H20N2O3S. The topological polar surface area (TPSA) is 83.6 Å². The van der Waals surface area contributed by atoms with Gasteiger partial charge in [-0.15, -0.1) is 0 Å². The Bertz CT molecular complexity index is 279. The van der Waals surface area contributed by atoms with E-state index >= 15 is 0 Å². The molecule has 90 valence electrons. The van der Waals surface area contributed by atoms with Crippen molar-refractivity contribution in [2.45, 2.75) is 18.9 Å². The predicted molar refractivity (Wildman–Crippen MR) is 59.4 cm³/mol. The van der Waals surface area contributed by atoms with Gasteiger partial charge in [-0.2, -0.15) is 0 Å². The number of hydrogen-bond donors (Lipinski definition) is 2. The minimum atomic E-state index is -2.83. The molecule has 3 N–H and O–H groups in total. The highest BCUT2D eigenvalue weighted by atomic mass is 32.2. The number of aliphatic hydroxyl groups is 1. The Hall–Kier alpha value is -0.170. The number of aliphatic hydroxyl groups excluding tert-OH is 1. The molecule has 1 fully saturated rings. The third-order valence-electron chi connectivity index (χ3n) is 2.70. The lowest BCUT2D eigenvalue weighted by molar-refractivity contribution is 0.149. The second kappa shape index (κ2) is 5.79. The SMILES string of the molecule is NCC(O)CCN1CCCS(=O)(=O)CC1. The second-order valence-electron chi connectivity index (χ2n) is 4.03. The quantitative estimate of drug-likeness (QED) is 0.642. The minimum Gasteiger partial charge on any atom is -0.392 e. The fourth-order valence-electron chi connectivity index (χ4n) is 1.66. The van der Waals surface area contributed by atoms with Crippen molar-refractivity contribution in [3.63, 3.8) is 0 Å². The zero-order valence-electron chi connectivity index (χ0n) is 8.93. The Morgan fingerprint density at radius 1 is 1.33 bits per heavy atom. The van der Waals surface area contributed by atoms with Crippen molar-refractivity contribution in [1.82, 2.24) is 4.90 Å². The lowest BCUT2D eigenvalue weighted by Gasteiger charge is -2.20. The lowest BCUT2D eigenvalue weighted by Crippen LogP contribution is -2.32. The molecule has 0 amide bonds. The van der Waals surface area contributed by atoms with Crippen LogP contribution in [-0.4, -0.2) is 62.2 Å². The Morgan fingerprint density at radius 2 is 2.07 bits per heavy atom. The average Bonchev–Trinajstić information content (AvgIpc) is 2.36. The molecular weight excluding hydrogens is 216 g/mol. The van der Waals surface area contributed by atoms with Gasteiger partial charge < -0.3 is 15.7 Å². The molecule has 0 spiro atoms. The highest BCUT2D eigenvalue weighted by molar-refractivity contribution is 7.91. The first kappa shape index (κ1) is 12.9. The fraction of sp³-hybridized carbons (Fsp3) is 1.00. The Kier molecular flexibility index (Phi) is 4.98. The van der Waals surface area contributed by atoms with Gasteiger partial charge in [0.05, 0.1) is 17.6 Å². The van der Waals surface area contributed by atoms with Gasteiger partial charge in [-0.3, -0.25) is 0 Å². The second-order valence-corrected chi connectivity index (χ2v) is 6.33. The summed E-state index contributed by atoms with van der Waals surface area (Å²) in [5.41, 5.74) is 5.30. The van der Waals surface area contributed by atoms with E-state index in [2.05, 4.69) is 4.90 Å². The van der Waals surface area contributed by atoms with Crippen molar-refractivity contribution in [3.05, 3.63) is 0 Å². The van der Waals surface area contributed by atoms with E-state index in [1.807, 2.05) is 0 Å². The monoisotopic (exact) mass is 236 g/mol. The van der Waals surface area contributed by atoms with E-state index in [1.54, 1.807) is 0 Å². The van der Waals surface area contributed by atoms with E-state index in [0.29, 0.717) is 25.1 Å². The molecule has 15 heavy (non-hydrogen) atoms. The zero-order valence-corrected chi connectivity index (χ0v) is 9.75. The Balaban J connectivity index is 2.32. The smallest absolute Gasteiger partial charge is 0.151 e. The van der Waals surface area contributed by atoms with Gasteiger partial charge in [0.1, 0.15) is 0 Å². The molecule has 0 bridgehead atoms. The van der Waals surface area contributed by atoms with Crippen molar-refractivity contribution in [2.24, 2.45) is 5.73 Å². The van der Waals surface area contributed by atoms with Gasteiger partial charge in [-0.05, 0) is 19.4 Å². The van der Waals surface area contributed by atoms with Crippen LogP contribution in [0.1, 0.15) is 12.8 Å². The molecule has 0 aromatic carbocycles. The van der Waals surface area contributed by atoms with Crippen LogP contribution in [-0.2, 0) is 9.84 Å². The molecule has 1 saturated heterocycles. The average molecular weight is 236 g/mol. The zero-order chi connectivity index (χ0) is 11.3.